The first-order chi connectivity index (χ1) is 14.2. The van der Waals surface area contributed by atoms with E-state index in [4.69, 9.17) is 14.6 Å². The monoisotopic (exact) mass is 434 g/mol. The number of nitrogens with zero attached hydrogens (tertiary/aromatic N) is 1. The molecular formula is C19H34N2O9. The average Bonchev–Trinajstić information content (AvgIpc) is 2.73. The molecule has 1 fully saturated rings. The van der Waals surface area contributed by atoms with Crippen molar-refractivity contribution >= 4 is 17.6 Å². The lowest BCUT2D eigenvalue weighted by atomic mass is 9.99. The number of Topliss-reactive ketones (excluding diaryl/α,β-unsaturated/α-hetero) is 1. The van der Waals surface area contributed by atoms with Crippen LogP contribution in [0.25, 0.3) is 0 Å². The van der Waals surface area contributed by atoms with Crippen molar-refractivity contribution in [2.24, 2.45) is 0 Å². The van der Waals surface area contributed by atoms with E-state index in [1.807, 2.05) is 0 Å². The van der Waals surface area contributed by atoms with Crippen LogP contribution in [0.15, 0.2) is 0 Å². The largest absolute Gasteiger partial charge is 0.394 e. The highest BCUT2D eigenvalue weighted by Crippen LogP contribution is 2.22. The number of amides is 2. The third-order valence-electron chi connectivity index (χ3n) is 4.90. The third-order valence-corrected chi connectivity index (χ3v) is 4.90. The molecule has 5 atom stereocenters. The van der Waals surface area contributed by atoms with Gasteiger partial charge in [0.1, 0.15) is 30.2 Å². The van der Waals surface area contributed by atoms with Gasteiger partial charge in [-0.05, 0) is 26.3 Å². The summed E-state index contributed by atoms with van der Waals surface area (Å²) in [5, 5.41) is 41.1. The first kappa shape index (κ1) is 26.6. The predicted octanol–water partition coefficient (Wildman–Crippen LogP) is -2.08. The van der Waals surface area contributed by atoms with Gasteiger partial charge in [-0.1, -0.05) is 0 Å². The van der Waals surface area contributed by atoms with E-state index >= 15 is 0 Å². The summed E-state index contributed by atoms with van der Waals surface area (Å²) in [4.78, 5) is 36.5. The van der Waals surface area contributed by atoms with Crippen LogP contribution in [0.1, 0.15) is 38.5 Å². The minimum absolute atomic E-state index is 0.000495. The van der Waals surface area contributed by atoms with Gasteiger partial charge in [-0.3, -0.25) is 19.3 Å². The number of carbonyl (C=O) groups excluding carboxylic acids is 3. The molecule has 0 aromatic carbocycles. The molecule has 0 spiro atoms. The highest BCUT2D eigenvalue weighted by Gasteiger charge is 2.43. The molecule has 0 bridgehead atoms. The molecule has 1 saturated heterocycles. The summed E-state index contributed by atoms with van der Waals surface area (Å²) in [5.74, 6) is -0.590. The Labute approximate surface area is 176 Å². The lowest BCUT2D eigenvalue weighted by Crippen LogP contribution is -2.59. The summed E-state index contributed by atoms with van der Waals surface area (Å²) in [6.45, 7) is -0.359. The smallest absolute Gasteiger partial charge is 0.242 e. The number of ether oxygens (including phenoxy) is 2. The van der Waals surface area contributed by atoms with Crippen molar-refractivity contribution in [1.29, 1.82) is 0 Å². The van der Waals surface area contributed by atoms with Crippen molar-refractivity contribution in [3.05, 3.63) is 0 Å². The molecule has 1 rings (SSSR count). The Balaban J connectivity index is 2.18. The highest BCUT2D eigenvalue weighted by molar-refractivity contribution is 5.95. The number of rotatable bonds is 13. The standard InChI is InChI=1S/C19H34N2O9/c1-20-10-15(25)21(2)14(24)8-4-3-6-12(23)7-5-9-29-19-18(28)17(27)16(26)13(11-22)30-19/h13,16-20,22,26-28H,3-11H2,1-2H3/t13-,16-,17+,18+,19-/m1/s1. The molecule has 5 N–H and O–H groups in total. The Hall–Kier alpha value is -1.47. The van der Waals surface area contributed by atoms with Crippen LogP contribution in [0.5, 0.6) is 0 Å². The fourth-order valence-corrected chi connectivity index (χ4v) is 2.97. The molecular weight excluding hydrogens is 400 g/mol. The fourth-order valence-electron chi connectivity index (χ4n) is 2.97. The summed E-state index contributed by atoms with van der Waals surface area (Å²) >= 11 is 0. The van der Waals surface area contributed by atoms with Crippen LogP contribution in [0.4, 0.5) is 0 Å². The van der Waals surface area contributed by atoms with Gasteiger partial charge in [0.15, 0.2) is 6.29 Å². The van der Waals surface area contributed by atoms with Gasteiger partial charge in [0.2, 0.25) is 11.8 Å². The van der Waals surface area contributed by atoms with Crippen LogP contribution in [0, 0.1) is 0 Å². The lowest BCUT2D eigenvalue weighted by Gasteiger charge is -2.39. The fraction of sp³-hybridized carbons (Fsp3) is 0.842. The third kappa shape index (κ3) is 8.34. The number of aliphatic hydroxyl groups excluding tert-OH is 4. The van der Waals surface area contributed by atoms with Gasteiger partial charge in [0.25, 0.3) is 0 Å². The molecule has 0 aliphatic carbocycles. The summed E-state index contributed by atoms with van der Waals surface area (Å²) in [5.41, 5.74) is 0. The second-order valence-electron chi connectivity index (χ2n) is 7.29. The van der Waals surface area contributed by atoms with E-state index in [0.717, 1.165) is 4.90 Å². The number of nitrogens with one attached hydrogen (secondary N) is 1. The van der Waals surface area contributed by atoms with Crippen molar-refractivity contribution in [3.63, 3.8) is 0 Å². The van der Waals surface area contributed by atoms with E-state index in [0.29, 0.717) is 25.7 Å². The normalized spacial score (nSPS) is 26.4. The summed E-state index contributed by atoms with van der Waals surface area (Å²) in [7, 11) is 3.05. The number of aliphatic hydroxyl groups is 4. The van der Waals surface area contributed by atoms with Crippen molar-refractivity contribution in [2.45, 2.75) is 69.2 Å². The molecule has 2 amide bonds. The summed E-state index contributed by atoms with van der Waals surface area (Å²) in [6.07, 6.45) is -4.50. The minimum Gasteiger partial charge on any atom is -0.394 e. The van der Waals surface area contributed by atoms with Crippen LogP contribution < -0.4 is 5.32 Å². The first-order valence-electron chi connectivity index (χ1n) is 10.1. The Bertz CT molecular complexity index is 558. The van der Waals surface area contributed by atoms with Crippen LogP contribution in [-0.2, 0) is 23.9 Å². The molecule has 11 heteroatoms. The van der Waals surface area contributed by atoms with Crippen molar-refractivity contribution in [2.75, 3.05) is 33.9 Å². The average molecular weight is 434 g/mol. The molecule has 0 aromatic heterocycles. The topological polar surface area (TPSA) is 166 Å². The number of imide groups is 1. The maximum Gasteiger partial charge on any atom is 0.242 e. The Morgan fingerprint density at radius 3 is 2.23 bits per heavy atom. The number of unbranched alkanes of at least 4 members (excludes halogenated alkanes) is 1. The SMILES string of the molecule is CNCC(=O)N(C)C(=O)CCCCC(=O)CCCO[C@@H]1O[C@H](CO)[C@@H](O)[C@H](O)[C@@H]1O. The number of hydrogen-bond acceptors (Lipinski definition) is 10. The van der Waals surface area contributed by atoms with Crippen LogP contribution in [-0.4, -0.2) is 107 Å². The van der Waals surface area contributed by atoms with Gasteiger partial charge in [0, 0.05) is 26.3 Å². The van der Waals surface area contributed by atoms with Crippen molar-refractivity contribution in [1.82, 2.24) is 10.2 Å². The maximum atomic E-state index is 11.9. The van der Waals surface area contributed by atoms with E-state index < -0.39 is 37.3 Å². The Kier molecular flexibility index (Phi) is 12.2. The van der Waals surface area contributed by atoms with Crippen molar-refractivity contribution in [3.8, 4) is 0 Å². The van der Waals surface area contributed by atoms with Crippen LogP contribution in [0.2, 0.25) is 0 Å². The zero-order valence-electron chi connectivity index (χ0n) is 17.5. The maximum absolute atomic E-state index is 11.9. The van der Waals surface area contributed by atoms with Crippen LogP contribution in [0.3, 0.4) is 0 Å². The molecule has 11 nitrogen and oxygen atoms in total. The summed E-state index contributed by atoms with van der Waals surface area (Å²) in [6, 6.07) is 0. The van der Waals surface area contributed by atoms with Gasteiger partial charge in [-0.25, -0.2) is 0 Å². The zero-order chi connectivity index (χ0) is 22.7. The second-order valence-corrected chi connectivity index (χ2v) is 7.29. The Morgan fingerprint density at radius 2 is 1.60 bits per heavy atom. The second kappa shape index (κ2) is 13.8. The molecule has 1 aliphatic rings. The van der Waals surface area contributed by atoms with E-state index in [2.05, 4.69) is 5.32 Å². The Morgan fingerprint density at radius 1 is 0.967 bits per heavy atom. The molecule has 30 heavy (non-hydrogen) atoms. The van der Waals surface area contributed by atoms with Crippen LogP contribution >= 0.6 is 0 Å². The quantitative estimate of drug-likeness (QED) is 0.203. The van der Waals surface area contributed by atoms with E-state index in [-0.39, 0.29) is 43.6 Å². The summed E-state index contributed by atoms with van der Waals surface area (Å²) < 4.78 is 10.5. The lowest BCUT2D eigenvalue weighted by molar-refractivity contribution is -0.301. The minimum atomic E-state index is -1.50. The molecule has 174 valence electrons. The molecule has 0 radical (unpaired) electrons. The van der Waals surface area contributed by atoms with E-state index in [1.54, 1.807) is 7.05 Å². The van der Waals surface area contributed by atoms with E-state index in [1.165, 1.54) is 7.05 Å². The van der Waals surface area contributed by atoms with E-state index in [9.17, 15) is 29.7 Å². The van der Waals surface area contributed by atoms with Gasteiger partial charge >= 0.3 is 0 Å². The first-order valence-corrected chi connectivity index (χ1v) is 10.1. The zero-order valence-corrected chi connectivity index (χ0v) is 17.5. The van der Waals surface area contributed by atoms with Gasteiger partial charge in [-0.2, -0.15) is 0 Å². The molecule has 1 aliphatic heterocycles. The molecule has 0 aromatic rings. The van der Waals surface area contributed by atoms with Gasteiger partial charge < -0.3 is 35.2 Å². The molecule has 0 unspecified atom stereocenters. The molecule has 0 saturated carbocycles. The van der Waals surface area contributed by atoms with Crippen molar-refractivity contribution < 1.29 is 44.3 Å². The highest BCUT2D eigenvalue weighted by atomic mass is 16.7. The predicted molar refractivity (Wildman–Crippen MR) is 104 cm³/mol. The number of hydrogen-bond donors (Lipinski definition) is 5. The molecule has 1 heterocycles. The number of likely N-dealkylation sites (N-methyl/N-ethyl adjacent to an activating group) is 2. The number of ketones is 1. The van der Waals surface area contributed by atoms with Gasteiger partial charge in [-0.15, -0.1) is 0 Å². The number of carbonyl (C=O) groups is 3. The van der Waals surface area contributed by atoms with Gasteiger partial charge in [0.05, 0.1) is 19.8 Å².